The second kappa shape index (κ2) is 10.1. The van der Waals surface area contributed by atoms with Crippen molar-refractivity contribution in [1.29, 1.82) is 0 Å². The molecule has 16 heavy (non-hydrogen) atoms. The van der Waals surface area contributed by atoms with E-state index in [0.717, 1.165) is 0 Å². The standard InChI is InChI=1S/C6H14O5.H3O4P/c7-1-5(9)3-11-4-6(10)2-8;1-5(2,3)4/h5-10H,1-4H2;(H3,1,2,3,4). The average molecular weight is 264 g/mol. The fraction of sp³-hybridized carbons (Fsp3) is 1.00. The molecule has 2 unspecified atom stereocenters. The Balaban J connectivity index is 0. The molecule has 0 bridgehead atoms. The molecule has 0 aliphatic rings. The summed E-state index contributed by atoms with van der Waals surface area (Å²) in [6, 6.07) is 0. The van der Waals surface area contributed by atoms with Crippen molar-refractivity contribution < 1.29 is 44.4 Å². The predicted molar refractivity (Wildman–Crippen MR) is 51.3 cm³/mol. The molecular formula is C6H17O9P. The summed E-state index contributed by atoms with van der Waals surface area (Å²) in [5.74, 6) is 0. The maximum atomic E-state index is 8.88. The SMILES string of the molecule is O=P(O)(O)O.OCC(O)COCC(O)CO. The van der Waals surface area contributed by atoms with Gasteiger partial charge in [0.1, 0.15) is 12.2 Å². The zero-order chi connectivity index (χ0) is 13.2. The van der Waals surface area contributed by atoms with Crippen molar-refractivity contribution in [2.45, 2.75) is 12.2 Å². The first-order chi connectivity index (χ1) is 7.20. The lowest BCUT2D eigenvalue weighted by Crippen LogP contribution is -2.25. The predicted octanol–water partition coefficient (Wildman–Crippen LogP) is -3.22. The van der Waals surface area contributed by atoms with Crippen LogP contribution in [0.5, 0.6) is 0 Å². The summed E-state index contributed by atoms with van der Waals surface area (Å²) in [5.41, 5.74) is 0. The van der Waals surface area contributed by atoms with E-state index < -0.39 is 20.0 Å². The molecule has 0 spiro atoms. The first-order valence-corrected chi connectivity index (χ1v) is 5.71. The Morgan fingerprint density at radius 2 is 1.19 bits per heavy atom. The van der Waals surface area contributed by atoms with Crippen LogP contribution in [0.15, 0.2) is 0 Å². The van der Waals surface area contributed by atoms with Gasteiger partial charge >= 0.3 is 7.82 Å². The van der Waals surface area contributed by atoms with Crippen LogP contribution in [0.1, 0.15) is 0 Å². The molecule has 100 valence electrons. The van der Waals surface area contributed by atoms with E-state index in [1.165, 1.54) is 0 Å². The summed E-state index contributed by atoms with van der Waals surface area (Å²) in [7, 11) is -4.64. The summed E-state index contributed by atoms with van der Waals surface area (Å²) < 4.78 is 13.6. The molecule has 0 amide bonds. The first kappa shape index (κ1) is 18.3. The van der Waals surface area contributed by atoms with Crippen LogP contribution in [-0.2, 0) is 9.30 Å². The number of rotatable bonds is 6. The summed E-state index contributed by atoms with van der Waals surface area (Å²) in [6.45, 7) is -0.800. The van der Waals surface area contributed by atoms with Gasteiger partial charge in [0.2, 0.25) is 0 Å². The lowest BCUT2D eigenvalue weighted by atomic mass is 10.4. The molecule has 0 aliphatic heterocycles. The van der Waals surface area contributed by atoms with Crippen LogP contribution in [-0.4, -0.2) is 73.7 Å². The third kappa shape index (κ3) is 23.6. The van der Waals surface area contributed by atoms with E-state index in [2.05, 4.69) is 0 Å². The van der Waals surface area contributed by atoms with Crippen LogP contribution in [0.25, 0.3) is 0 Å². The van der Waals surface area contributed by atoms with Crippen LogP contribution >= 0.6 is 7.82 Å². The quantitative estimate of drug-likeness (QED) is 0.244. The van der Waals surface area contributed by atoms with Crippen molar-refractivity contribution in [3.05, 3.63) is 0 Å². The molecule has 0 saturated carbocycles. The number of aliphatic hydroxyl groups excluding tert-OH is 4. The average Bonchev–Trinajstić information content (AvgIpc) is 2.14. The van der Waals surface area contributed by atoms with Crippen LogP contribution < -0.4 is 0 Å². The van der Waals surface area contributed by atoms with Gasteiger partial charge in [0, 0.05) is 0 Å². The van der Waals surface area contributed by atoms with Crippen molar-refractivity contribution in [2.75, 3.05) is 26.4 Å². The minimum Gasteiger partial charge on any atom is -0.394 e. The maximum Gasteiger partial charge on any atom is 0.466 e. The summed E-state index contributed by atoms with van der Waals surface area (Å²) in [5, 5.41) is 34.1. The van der Waals surface area contributed by atoms with E-state index >= 15 is 0 Å². The first-order valence-electron chi connectivity index (χ1n) is 4.14. The molecule has 9 nitrogen and oxygen atoms in total. The second-order valence-corrected chi connectivity index (χ2v) is 3.75. The Bertz CT molecular complexity index is 174. The molecule has 0 rings (SSSR count). The van der Waals surface area contributed by atoms with Crippen molar-refractivity contribution in [3.63, 3.8) is 0 Å². The van der Waals surface area contributed by atoms with Gasteiger partial charge < -0.3 is 39.8 Å². The molecule has 0 saturated heterocycles. The molecule has 10 heteroatoms. The minimum absolute atomic E-state index is 0.0342. The molecule has 0 radical (unpaired) electrons. The normalized spacial score (nSPS) is 14.9. The molecule has 2 atom stereocenters. The zero-order valence-corrected chi connectivity index (χ0v) is 9.27. The smallest absolute Gasteiger partial charge is 0.394 e. The summed E-state index contributed by atoms with van der Waals surface area (Å²) in [6.07, 6.45) is -1.83. The van der Waals surface area contributed by atoms with Gasteiger partial charge in [-0.2, -0.15) is 0 Å². The highest BCUT2D eigenvalue weighted by atomic mass is 31.2. The topological polar surface area (TPSA) is 168 Å². The molecule has 0 aliphatic carbocycles. The fourth-order valence-corrected chi connectivity index (χ4v) is 0.446. The minimum atomic E-state index is -4.64. The summed E-state index contributed by atoms with van der Waals surface area (Å²) >= 11 is 0. The van der Waals surface area contributed by atoms with Crippen LogP contribution in [0, 0.1) is 0 Å². The molecule has 0 aromatic carbocycles. The van der Waals surface area contributed by atoms with Crippen molar-refractivity contribution in [3.8, 4) is 0 Å². The molecular weight excluding hydrogens is 247 g/mol. The highest BCUT2D eigenvalue weighted by Gasteiger charge is 2.04. The third-order valence-electron chi connectivity index (χ3n) is 1.04. The van der Waals surface area contributed by atoms with Gasteiger partial charge in [-0.1, -0.05) is 0 Å². The number of phosphoric acid groups is 1. The fourth-order valence-electron chi connectivity index (χ4n) is 0.446. The van der Waals surface area contributed by atoms with Crippen molar-refractivity contribution in [1.82, 2.24) is 0 Å². The molecule has 0 fully saturated rings. The molecule has 0 aromatic rings. The van der Waals surface area contributed by atoms with Gasteiger partial charge in [0.25, 0.3) is 0 Å². The lowest BCUT2D eigenvalue weighted by molar-refractivity contribution is -0.0364. The van der Waals surface area contributed by atoms with Gasteiger partial charge in [0.05, 0.1) is 26.4 Å². The molecule has 0 heterocycles. The highest BCUT2D eigenvalue weighted by molar-refractivity contribution is 7.45. The summed E-state index contributed by atoms with van der Waals surface area (Å²) in [4.78, 5) is 21.6. The Morgan fingerprint density at radius 1 is 0.938 bits per heavy atom. The van der Waals surface area contributed by atoms with Crippen LogP contribution in [0.4, 0.5) is 0 Å². The number of aliphatic hydroxyl groups is 4. The van der Waals surface area contributed by atoms with Crippen molar-refractivity contribution in [2.24, 2.45) is 0 Å². The number of ether oxygens (including phenoxy) is 1. The number of hydrogen-bond donors (Lipinski definition) is 7. The zero-order valence-electron chi connectivity index (χ0n) is 8.38. The van der Waals surface area contributed by atoms with E-state index in [-0.39, 0.29) is 26.4 Å². The van der Waals surface area contributed by atoms with E-state index in [1.807, 2.05) is 0 Å². The largest absolute Gasteiger partial charge is 0.466 e. The third-order valence-corrected chi connectivity index (χ3v) is 1.04. The second-order valence-electron chi connectivity index (χ2n) is 2.72. The Morgan fingerprint density at radius 3 is 1.38 bits per heavy atom. The monoisotopic (exact) mass is 264 g/mol. The maximum absolute atomic E-state index is 8.88. The van der Waals surface area contributed by atoms with E-state index in [0.29, 0.717) is 0 Å². The Hall–Kier alpha value is -0.0900. The Kier molecular flexibility index (Phi) is 11.5. The van der Waals surface area contributed by atoms with Crippen molar-refractivity contribution >= 4 is 7.82 Å². The van der Waals surface area contributed by atoms with Gasteiger partial charge in [-0.15, -0.1) is 0 Å². The van der Waals surface area contributed by atoms with E-state index in [9.17, 15) is 0 Å². The molecule has 7 N–H and O–H groups in total. The number of hydrogen-bond acceptors (Lipinski definition) is 6. The molecule has 0 aromatic heterocycles. The van der Waals surface area contributed by atoms with Crippen LogP contribution in [0.2, 0.25) is 0 Å². The Labute approximate surface area is 91.8 Å². The van der Waals surface area contributed by atoms with Gasteiger partial charge in [-0.05, 0) is 0 Å². The van der Waals surface area contributed by atoms with Crippen LogP contribution in [0.3, 0.4) is 0 Å². The van der Waals surface area contributed by atoms with E-state index in [4.69, 9.17) is 44.4 Å². The lowest BCUT2D eigenvalue weighted by Gasteiger charge is -2.10. The van der Waals surface area contributed by atoms with Gasteiger partial charge in [0.15, 0.2) is 0 Å². The van der Waals surface area contributed by atoms with Gasteiger partial charge in [-0.3, -0.25) is 0 Å². The van der Waals surface area contributed by atoms with E-state index in [1.54, 1.807) is 0 Å². The highest BCUT2D eigenvalue weighted by Crippen LogP contribution is 2.25. The van der Waals surface area contributed by atoms with Gasteiger partial charge in [-0.25, -0.2) is 4.57 Å².